The average Bonchev–Trinajstić information content (AvgIpc) is 2.79. The van der Waals surface area contributed by atoms with Crippen LogP contribution >= 0.6 is 0 Å². The van der Waals surface area contributed by atoms with Crippen LogP contribution in [0.15, 0.2) is 24.4 Å². The molecule has 3 heteroatoms. The smallest absolute Gasteiger partial charge is 0.0543 e. The van der Waals surface area contributed by atoms with E-state index in [9.17, 15) is 0 Å². The van der Waals surface area contributed by atoms with Gasteiger partial charge in [-0.25, -0.2) is 0 Å². The molecule has 100 valence electrons. The van der Waals surface area contributed by atoms with Crippen molar-refractivity contribution in [3.63, 3.8) is 0 Å². The summed E-state index contributed by atoms with van der Waals surface area (Å²) in [4.78, 5) is 6.83. The van der Waals surface area contributed by atoms with Crippen molar-refractivity contribution in [2.24, 2.45) is 5.41 Å². The molecule has 1 saturated carbocycles. The van der Waals surface area contributed by atoms with E-state index >= 15 is 0 Å². The van der Waals surface area contributed by atoms with E-state index in [1.54, 1.807) is 0 Å². The molecule has 0 saturated heterocycles. The molecule has 0 spiro atoms. The molecular formula is C15H25N3. The Kier molecular flexibility index (Phi) is 4.72. The van der Waals surface area contributed by atoms with Gasteiger partial charge < -0.3 is 5.32 Å². The van der Waals surface area contributed by atoms with Crippen molar-refractivity contribution in [3.8, 4) is 0 Å². The maximum absolute atomic E-state index is 4.40. The summed E-state index contributed by atoms with van der Waals surface area (Å²) in [5, 5.41) is 3.38. The van der Waals surface area contributed by atoms with Crippen LogP contribution in [0.3, 0.4) is 0 Å². The summed E-state index contributed by atoms with van der Waals surface area (Å²) in [7, 11) is 4.28. The molecule has 0 atom stereocenters. The summed E-state index contributed by atoms with van der Waals surface area (Å²) in [6.07, 6.45) is 7.38. The highest BCUT2D eigenvalue weighted by Gasteiger charge is 2.34. The van der Waals surface area contributed by atoms with Gasteiger partial charge in [0.2, 0.25) is 0 Å². The van der Waals surface area contributed by atoms with Crippen molar-refractivity contribution >= 4 is 0 Å². The first-order valence-corrected chi connectivity index (χ1v) is 6.97. The van der Waals surface area contributed by atoms with Crippen molar-refractivity contribution in [3.05, 3.63) is 30.1 Å². The lowest BCUT2D eigenvalue weighted by Crippen LogP contribution is -2.40. The van der Waals surface area contributed by atoms with Gasteiger partial charge in [0.05, 0.1) is 5.69 Å². The van der Waals surface area contributed by atoms with Crippen LogP contribution in [0.1, 0.15) is 31.4 Å². The van der Waals surface area contributed by atoms with Gasteiger partial charge in [-0.1, -0.05) is 18.9 Å². The van der Waals surface area contributed by atoms with E-state index in [1.807, 2.05) is 12.3 Å². The van der Waals surface area contributed by atoms with Crippen LogP contribution in [0, 0.1) is 5.41 Å². The van der Waals surface area contributed by atoms with Gasteiger partial charge >= 0.3 is 0 Å². The SMILES string of the molecule is CNCC1(CN(C)Cc2ccccn2)CCCC1. The van der Waals surface area contributed by atoms with E-state index in [0.29, 0.717) is 5.41 Å². The molecule has 3 nitrogen and oxygen atoms in total. The number of aromatic nitrogens is 1. The van der Waals surface area contributed by atoms with Gasteiger partial charge in [0.15, 0.2) is 0 Å². The minimum absolute atomic E-state index is 0.484. The van der Waals surface area contributed by atoms with Gasteiger partial charge in [-0.05, 0) is 44.5 Å². The zero-order chi connectivity index (χ0) is 12.8. The number of nitrogens with one attached hydrogen (secondary N) is 1. The summed E-state index contributed by atoms with van der Waals surface area (Å²) in [6.45, 7) is 3.26. The fourth-order valence-electron chi connectivity index (χ4n) is 3.29. The molecule has 0 bridgehead atoms. The Morgan fingerprint density at radius 1 is 1.33 bits per heavy atom. The minimum atomic E-state index is 0.484. The normalized spacial score (nSPS) is 18.4. The lowest BCUT2D eigenvalue weighted by Gasteiger charge is -2.33. The van der Waals surface area contributed by atoms with E-state index in [0.717, 1.165) is 18.8 Å². The van der Waals surface area contributed by atoms with Crippen molar-refractivity contribution in [2.45, 2.75) is 32.2 Å². The van der Waals surface area contributed by atoms with Gasteiger partial charge in [-0.2, -0.15) is 0 Å². The molecule has 1 aliphatic carbocycles. The number of rotatable bonds is 6. The van der Waals surface area contributed by atoms with Crippen molar-refractivity contribution in [2.75, 3.05) is 27.2 Å². The lowest BCUT2D eigenvalue weighted by atomic mass is 9.85. The first kappa shape index (κ1) is 13.5. The first-order valence-electron chi connectivity index (χ1n) is 6.97. The van der Waals surface area contributed by atoms with Crippen LogP contribution in [-0.2, 0) is 6.54 Å². The van der Waals surface area contributed by atoms with Crippen molar-refractivity contribution < 1.29 is 0 Å². The molecular weight excluding hydrogens is 222 g/mol. The topological polar surface area (TPSA) is 28.2 Å². The fourth-order valence-corrected chi connectivity index (χ4v) is 3.29. The highest BCUT2D eigenvalue weighted by molar-refractivity contribution is 5.03. The Bertz CT molecular complexity index is 344. The third-order valence-electron chi connectivity index (χ3n) is 3.98. The zero-order valence-corrected chi connectivity index (χ0v) is 11.7. The molecule has 18 heavy (non-hydrogen) atoms. The van der Waals surface area contributed by atoms with Gasteiger partial charge in [0.1, 0.15) is 0 Å². The van der Waals surface area contributed by atoms with Gasteiger partial charge in [0.25, 0.3) is 0 Å². The number of hydrogen-bond acceptors (Lipinski definition) is 3. The van der Waals surface area contributed by atoms with Crippen LogP contribution in [0.25, 0.3) is 0 Å². The number of hydrogen-bond donors (Lipinski definition) is 1. The Morgan fingerprint density at radius 3 is 2.72 bits per heavy atom. The second kappa shape index (κ2) is 6.30. The minimum Gasteiger partial charge on any atom is -0.319 e. The molecule has 0 amide bonds. The Balaban J connectivity index is 1.91. The largest absolute Gasteiger partial charge is 0.319 e. The molecule has 2 rings (SSSR count). The van der Waals surface area contributed by atoms with Gasteiger partial charge in [0, 0.05) is 25.8 Å². The summed E-state index contributed by atoms with van der Waals surface area (Å²) in [5.74, 6) is 0. The molecule has 1 aliphatic rings. The van der Waals surface area contributed by atoms with E-state index in [-0.39, 0.29) is 0 Å². The Morgan fingerprint density at radius 2 is 2.11 bits per heavy atom. The first-order chi connectivity index (χ1) is 8.74. The summed E-state index contributed by atoms with van der Waals surface area (Å²) >= 11 is 0. The van der Waals surface area contributed by atoms with Gasteiger partial charge in [-0.3, -0.25) is 9.88 Å². The standard InChI is InChI=1S/C15H25N3/c1-16-12-15(8-4-5-9-15)13-18(2)11-14-7-3-6-10-17-14/h3,6-7,10,16H,4-5,8-9,11-13H2,1-2H3. The van der Waals surface area contributed by atoms with Crippen molar-refractivity contribution in [1.82, 2.24) is 15.2 Å². The van der Waals surface area contributed by atoms with Crippen molar-refractivity contribution in [1.29, 1.82) is 0 Å². The average molecular weight is 247 g/mol. The number of nitrogens with zero attached hydrogens (tertiary/aromatic N) is 2. The molecule has 0 unspecified atom stereocenters. The number of pyridine rings is 1. The third kappa shape index (κ3) is 3.53. The monoisotopic (exact) mass is 247 g/mol. The fraction of sp³-hybridized carbons (Fsp3) is 0.667. The maximum atomic E-state index is 4.40. The second-order valence-electron chi connectivity index (χ2n) is 5.73. The van der Waals surface area contributed by atoms with E-state index in [4.69, 9.17) is 0 Å². The van der Waals surface area contributed by atoms with E-state index in [1.165, 1.54) is 32.2 Å². The summed E-state index contributed by atoms with van der Waals surface area (Å²) in [6, 6.07) is 6.15. The molecule has 0 aromatic carbocycles. The lowest BCUT2D eigenvalue weighted by molar-refractivity contribution is 0.169. The molecule has 1 heterocycles. The van der Waals surface area contributed by atoms with E-state index in [2.05, 4.69) is 41.4 Å². The maximum Gasteiger partial charge on any atom is 0.0543 e. The van der Waals surface area contributed by atoms with Gasteiger partial charge in [-0.15, -0.1) is 0 Å². The molecule has 1 aromatic heterocycles. The predicted molar refractivity (Wildman–Crippen MR) is 75.4 cm³/mol. The quantitative estimate of drug-likeness (QED) is 0.836. The van der Waals surface area contributed by atoms with E-state index < -0.39 is 0 Å². The van der Waals surface area contributed by atoms with Crippen LogP contribution in [0.4, 0.5) is 0 Å². The van der Waals surface area contributed by atoms with Crippen LogP contribution in [-0.4, -0.2) is 37.1 Å². The Labute approximate surface area is 111 Å². The van der Waals surface area contributed by atoms with Crippen LogP contribution < -0.4 is 5.32 Å². The summed E-state index contributed by atoms with van der Waals surface area (Å²) in [5.41, 5.74) is 1.65. The van der Waals surface area contributed by atoms with Crippen LogP contribution in [0.5, 0.6) is 0 Å². The molecule has 1 aromatic rings. The second-order valence-corrected chi connectivity index (χ2v) is 5.73. The highest BCUT2D eigenvalue weighted by Crippen LogP contribution is 2.38. The zero-order valence-electron chi connectivity index (χ0n) is 11.7. The summed E-state index contributed by atoms with van der Waals surface area (Å²) < 4.78 is 0. The third-order valence-corrected chi connectivity index (χ3v) is 3.98. The molecule has 1 fully saturated rings. The highest BCUT2D eigenvalue weighted by atomic mass is 15.1. The molecule has 1 N–H and O–H groups in total. The molecule has 0 radical (unpaired) electrons. The Hall–Kier alpha value is -0.930. The predicted octanol–water partition coefficient (Wildman–Crippen LogP) is 2.29. The molecule has 0 aliphatic heterocycles. The van der Waals surface area contributed by atoms with Crippen LogP contribution in [0.2, 0.25) is 0 Å².